The molecule has 0 aliphatic carbocycles. The van der Waals surface area contributed by atoms with Crippen LogP contribution in [0.4, 0.5) is 5.69 Å². The highest BCUT2D eigenvalue weighted by molar-refractivity contribution is 6.44. The van der Waals surface area contributed by atoms with Crippen molar-refractivity contribution < 1.29 is 4.74 Å². The van der Waals surface area contributed by atoms with Crippen LogP contribution < -0.4 is 5.32 Å². The summed E-state index contributed by atoms with van der Waals surface area (Å²) in [5.41, 5.74) is 0.628. The zero-order valence-electron chi connectivity index (χ0n) is 10.1. The third-order valence-electron chi connectivity index (χ3n) is 2.61. The molecule has 1 N–H and O–H groups in total. The Hall–Kier alpha value is -0.150. The minimum atomic E-state index is -0.157. The maximum Gasteiger partial charge on any atom is 0.0653 e. The Morgan fingerprint density at radius 1 is 1.12 bits per heavy atom. The number of rotatable bonds is 5. The average Bonchev–Trinajstić information content (AvgIpc) is 2.25. The molecule has 0 aromatic heterocycles. The lowest BCUT2D eigenvalue weighted by atomic mass is 10.1. The molecule has 1 rings (SSSR count). The van der Waals surface area contributed by atoms with Gasteiger partial charge >= 0.3 is 0 Å². The van der Waals surface area contributed by atoms with Crippen LogP contribution in [-0.4, -0.2) is 19.3 Å². The molecular formula is C12H16Cl3NO. The summed E-state index contributed by atoms with van der Waals surface area (Å²) >= 11 is 17.8. The number of nitrogens with one attached hydrogen (secondary N) is 1. The fourth-order valence-corrected chi connectivity index (χ4v) is 1.87. The first-order chi connectivity index (χ1) is 7.85. The summed E-state index contributed by atoms with van der Waals surface area (Å²) in [4.78, 5) is 0. The highest BCUT2D eigenvalue weighted by Gasteiger charge is 2.15. The number of ether oxygens (including phenoxy) is 1. The van der Waals surface area contributed by atoms with E-state index in [2.05, 4.69) is 5.32 Å². The Morgan fingerprint density at radius 2 is 1.71 bits per heavy atom. The van der Waals surface area contributed by atoms with Gasteiger partial charge in [-0.15, -0.1) is 0 Å². The smallest absolute Gasteiger partial charge is 0.0653 e. The zero-order chi connectivity index (χ0) is 13.1. The van der Waals surface area contributed by atoms with Crippen molar-refractivity contribution in [2.75, 3.05) is 19.0 Å². The average molecular weight is 297 g/mol. The summed E-state index contributed by atoms with van der Waals surface area (Å²) in [6, 6.07) is 3.36. The molecule has 0 fully saturated rings. The summed E-state index contributed by atoms with van der Waals surface area (Å²) in [6.07, 6.45) is 0.861. The second kappa shape index (κ2) is 6.14. The van der Waals surface area contributed by atoms with Gasteiger partial charge in [0.15, 0.2) is 0 Å². The van der Waals surface area contributed by atoms with Gasteiger partial charge in [0.25, 0.3) is 0 Å². The molecule has 96 valence electrons. The normalized spacial score (nSPS) is 11.6. The minimum Gasteiger partial charge on any atom is -0.384 e. The summed E-state index contributed by atoms with van der Waals surface area (Å²) in [6.45, 7) is 4.81. The third-order valence-corrected chi connectivity index (χ3v) is 3.64. The summed E-state index contributed by atoms with van der Waals surface area (Å²) in [5.74, 6) is 0. The predicted octanol–water partition coefficient (Wildman–Crippen LogP) is 4.87. The molecule has 0 aliphatic rings. The molecule has 0 saturated carbocycles. The van der Waals surface area contributed by atoms with Crippen LogP contribution in [0.2, 0.25) is 15.1 Å². The number of halogens is 3. The van der Waals surface area contributed by atoms with Crippen molar-refractivity contribution in [2.45, 2.75) is 25.9 Å². The molecule has 2 nitrogen and oxygen atoms in total. The molecule has 17 heavy (non-hydrogen) atoms. The van der Waals surface area contributed by atoms with Gasteiger partial charge in [-0.1, -0.05) is 34.8 Å². The van der Waals surface area contributed by atoms with Crippen LogP contribution in [0.25, 0.3) is 0 Å². The molecule has 0 spiro atoms. The van der Waals surface area contributed by atoms with Crippen LogP contribution >= 0.6 is 34.8 Å². The van der Waals surface area contributed by atoms with Crippen molar-refractivity contribution in [3.8, 4) is 0 Å². The molecule has 0 atom stereocenters. The molecule has 5 heteroatoms. The van der Waals surface area contributed by atoms with E-state index in [0.29, 0.717) is 15.1 Å². The quantitative estimate of drug-likeness (QED) is 0.782. The maximum atomic E-state index is 6.05. The molecule has 0 heterocycles. The van der Waals surface area contributed by atoms with Gasteiger partial charge in [0, 0.05) is 13.7 Å². The van der Waals surface area contributed by atoms with Gasteiger partial charge in [-0.05, 0) is 32.4 Å². The lowest BCUT2D eigenvalue weighted by Crippen LogP contribution is -2.25. The van der Waals surface area contributed by atoms with Crippen LogP contribution in [0, 0.1) is 0 Å². The van der Waals surface area contributed by atoms with E-state index < -0.39 is 0 Å². The lowest BCUT2D eigenvalue weighted by molar-refractivity contribution is 0.0185. The standard InChI is InChI=1S/C12H16Cl3NO/c1-12(2,17-3)4-5-16-11-7-9(14)8(13)6-10(11)15/h6-7,16H,4-5H2,1-3H3. The van der Waals surface area contributed by atoms with E-state index in [-0.39, 0.29) is 5.60 Å². The first-order valence-corrected chi connectivity index (χ1v) is 6.43. The Labute approximate surface area is 117 Å². The topological polar surface area (TPSA) is 21.3 Å². The van der Waals surface area contributed by atoms with Crippen molar-refractivity contribution in [1.29, 1.82) is 0 Å². The van der Waals surface area contributed by atoms with E-state index in [1.54, 1.807) is 19.2 Å². The molecule has 0 amide bonds. The highest BCUT2D eigenvalue weighted by Crippen LogP contribution is 2.32. The predicted molar refractivity (Wildman–Crippen MR) is 75.7 cm³/mol. The van der Waals surface area contributed by atoms with Crippen LogP contribution in [0.1, 0.15) is 20.3 Å². The second-order valence-corrected chi connectivity index (χ2v) is 5.61. The fourth-order valence-electron chi connectivity index (χ4n) is 1.26. The largest absolute Gasteiger partial charge is 0.384 e. The number of benzene rings is 1. The Kier molecular flexibility index (Phi) is 5.39. The van der Waals surface area contributed by atoms with Gasteiger partial charge in [0.05, 0.1) is 26.4 Å². The van der Waals surface area contributed by atoms with Crippen molar-refractivity contribution in [1.82, 2.24) is 0 Å². The van der Waals surface area contributed by atoms with E-state index in [1.165, 1.54) is 0 Å². The van der Waals surface area contributed by atoms with Gasteiger partial charge in [0.2, 0.25) is 0 Å². The summed E-state index contributed by atoms with van der Waals surface area (Å²) < 4.78 is 5.33. The van der Waals surface area contributed by atoms with Gasteiger partial charge in [-0.2, -0.15) is 0 Å². The minimum absolute atomic E-state index is 0.157. The van der Waals surface area contributed by atoms with Crippen molar-refractivity contribution in [3.05, 3.63) is 27.2 Å². The van der Waals surface area contributed by atoms with Crippen LogP contribution in [0.15, 0.2) is 12.1 Å². The van der Waals surface area contributed by atoms with Crippen molar-refractivity contribution >= 4 is 40.5 Å². The molecular weight excluding hydrogens is 280 g/mol. The molecule has 1 aromatic carbocycles. The second-order valence-electron chi connectivity index (χ2n) is 4.39. The lowest BCUT2D eigenvalue weighted by Gasteiger charge is -2.23. The first-order valence-electron chi connectivity index (χ1n) is 5.29. The molecule has 0 aliphatic heterocycles. The molecule has 1 aromatic rings. The summed E-state index contributed by atoms with van der Waals surface area (Å²) in [5, 5.41) is 4.73. The van der Waals surface area contributed by atoms with E-state index >= 15 is 0 Å². The maximum absolute atomic E-state index is 6.05. The highest BCUT2D eigenvalue weighted by atomic mass is 35.5. The first kappa shape index (κ1) is 14.9. The van der Waals surface area contributed by atoms with Crippen LogP contribution in [0.5, 0.6) is 0 Å². The SMILES string of the molecule is COC(C)(C)CCNc1cc(Cl)c(Cl)cc1Cl. The Balaban J connectivity index is 2.61. The van der Waals surface area contributed by atoms with Crippen molar-refractivity contribution in [3.63, 3.8) is 0 Å². The molecule has 0 unspecified atom stereocenters. The number of hydrogen-bond donors (Lipinski definition) is 1. The number of anilines is 1. The molecule has 0 bridgehead atoms. The molecule has 0 radical (unpaired) electrons. The van der Waals surface area contributed by atoms with Gasteiger partial charge < -0.3 is 10.1 Å². The van der Waals surface area contributed by atoms with Gasteiger partial charge in [-0.25, -0.2) is 0 Å². The van der Waals surface area contributed by atoms with Gasteiger partial charge in [0.1, 0.15) is 0 Å². The summed E-state index contributed by atoms with van der Waals surface area (Å²) in [7, 11) is 1.70. The van der Waals surface area contributed by atoms with Gasteiger partial charge in [-0.3, -0.25) is 0 Å². The van der Waals surface area contributed by atoms with E-state index in [1.807, 2.05) is 13.8 Å². The Morgan fingerprint density at radius 3 is 2.29 bits per heavy atom. The monoisotopic (exact) mass is 295 g/mol. The van der Waals surface area contributed by atoms with Crippen LogP contribution in [0.3, 0.4) is 0 Å². The number of hydrogen-bond acceptors (Lipinski definition) is 2. The van der Waals surface area contributed by atoms with Crippen LogP contribution in [-0.2, 0) is 4.74 Å². The Bertz CT molecular complexity index is 394. The zero-order valence-corrected chi connectivity index (χ0v) is 12.4. The molecule has 0 saturated heterocycles. The van der Waals surface area contributed by atoms with E-state index in [9.17, 15) is 0 Å². The third kappa shape index (κ3) is 4.55. The van der Waals surface area contributed by atoms with E-state index in [4.69, 9.17) is 39.5 Å². The van der Waals surface area contributed by atoms with Crippen molar-refractivity contribution in [2.24, 2.45) is 0 Å². The van der Waals surface area contributed by atoms with E-state index in [0.717, 1.165) is 18.7 Å². The number of methoxy groups -OCH3 is 1. The fraction of sp³-hybridized carbons (Fsp3) is 0.500.